The summed E-state index contributed by atoms with van der Waals surface area (Å²) < 4.78 is 23.1. The standard InChI is InChI=1S/C32H36ClFN7O/c1-38(17-22-9-15-39(18-22)21-35)30-24-10-16-40(27-6-2-5-23-7-8-25(34)29(33)28(23)27)19-26(24)36-31(37-30)42-20-32-11-3-13-41(32)14-4-12-32/h2,5-8,17,22H,3-4,9-16,18-20H2,1H3/q+1/b38-17-. The van der Waals surface area contributed by atoms with Crippen molar-refractivity contribution in [2.45, 2.75) is 50.6 Å². The number of likely N-dealkylation sites (tertiary alicyclic amines) is 1. The summed E-state index contributed by atoms with van der Waals surface area (Å²) in [5.74, 6) is 0.724. The molecule has 0 spiro atoms. The number of hydrogen-bond acceptors (Lipinski definition) is 7. The van der Waals surface area contributed by atoms with E-state index in [0.29, 0.717) is 19.2 Å². The van der Waals surface area contributed by atoms with E-state index in [1.165, 1.54) is 18.9 Å². The van der Waals surface area contributed by atoms with Gasteiger partial charge in [-0.05, 0) is 62.7 Å². The van der Waals surface area contributed by atoms with Crippen LogP contribution in [-0.2, 0) is 13.0 Å². The van der Waals surface area contributed by atoms with Crippen molar-refractivity contribution in [1.82, 2.24) is 19.8 Å². The Hall–Kier alpha value is -3.48. The minimum absolute atomic E-state index is 0.0951. The van der Waals surface area contributed by atoms with Crippen molar-refractivity contribution in [2.24, 2.45) is 5.92 Å². The molecule has 8 nitrogen and oxygen atoms in total. The number of benzene rings is 2. The second-order valence-corrected chi connectivity index (χ2v) is 12.6. The van der Waals surface area contributed by atoms with Crippen LogP contribution >= 0.6 is 11.6 Å². The van der Waals surface area contributed by atoms with Crippen LogP contribution in [0.2, 0.25) is 5.02 Å². The molecule has 10 heteroatoms. The monoisotopic (exact) mass is 588 g/mol. The quantitative estimate of drug-likeness (QED) is 0.224. The number of rotatable bonds is 6. The first-order chi connectivity index (χ1) is 20.4. The van der Waals surface area contributed by atoms with Crippen LogP contribution in [0.3, 0.4) is 0 Å². The van der Waals surface area contributed by atoms with Gasteiger partial charge in [0, 0.05) is 48.0 Å². The molecule has 3 aromatic rings. The zero-order valence-electron chi connectivity index (χ0n) is 24.0. The maximum absolute atomic E-state index is 14.5. The van der Waals surface area contributed by atoms with Crippen molar-refractivity contribution in [3.05, 3.63) is 52.4 Å². The first-order valence-electron chi connectivity index (χ1n) is 15.1. The fraction of sp³-hybridized carbons (Fsp3) is 0.500. The van der Waals surface area contributed by atoms with Gasteiger partial charge in [0.1, 0.15) is 12.4 Å². The highest BCUT2D eigenvalue weighted by Crippen LogP contribution is 2.40. The molecule has 1 unspecified atom stereocenters. The summed E-state index contributed by atoms with van der Waals surface area (Å²) in [4.78, 5) is 16.6. The van der Waals surface area contributed by atoms with Crippen molar-refractivity contribution in [3.8, 4) is 12.2 Å². The molecule has 1 atom stereocenters. The Bertz CT molecular complexity index is 1590. The first-order valence-corrected chi connectivity index (χ1v) is 15.4. The zero-order chi connectivity index (χ0) is 28.8. The molecule has 0 amide bonds. The van der Waals surface area contributed by atoms with Crippen LogP contribution in [0.4, 0.5) is 15.9 Å². The normalized spacial score (nSPS) is 22.0. The lowest BCUT2D eigenvalue weighted by Gasteiger charge is -2.32. The Morgan fingerprint density at radius 1 is 1.17 bits per heavy atom. The molecule has 0 bridgehead atoms. The van der Waals surface area contributed by atoms with Crippen LogP contribution in [0.25, 0.3) is 10.8 Å². The summed E-state index contributed by atoms with van der Waals surface area (Å²) in [6.07, 6.45) is 10.9. The zero-order valence-corrected chi connectivity index (χ0v) is 24.8. The second kappa shape index (κ2) is 11.0. The highest BCUT2D eigenvalue weighted by Gasteiger charge is 2.45. The smallest absolute Gasteiger partial charge is 0.434 e. The van der Waals surface area contributed by atoms with Gasteiger partial charge in [-0.3, -0.25) is 4.90 Å². The van der Waals surface area contributed by atoms with Gasteiger partial charge in [0.05, 0.1) is 41.6 Å². The number of hydrogen-bond donors (Lipinski definition) is 0. The Kier molecular flexibility index (Phi) is 7.15. The maximum Gasteiger partial charge on any atom is 0.434 e. The molecular weight excluding hydrogens is 553 g/mol. The Balaban J connectivity index is 1.24. The van der Waals surface area contributed by atoms with E-state index in [1.54, 1.807) is 6.07 Å². The summed E-state index contributed by atoms with van der Waals surface area (Å²) in [7, 11) is 2.04. The van der Waals surface area contributed by atoms with Gasteiger partial charge >= 0.3 is 11.8 Å². The lowest BCUT2D eigenvalue weighted by Crippen LogP contribution is -2.43. The number of nitrogens with zero attached hydrogens (tertiary/aromatic N) is 7. The predicted molar refractivity (Wildman–Crippen MR) is 161 cm³/mol. The lowest BCUT2D eigenvalue weighted by molar-refractivity contribution is -0.407. The van der Waals surface area contributed by atoms with Gasteiger partial charge in [-0.2, -0.15) is 10.2 Å². The largest absolute Gasteiger partial charge is 0.443 e. The SMILES string of the molecule is C/[N+](=C/C1CCN(C#N)C1)c1nc(OCC23CCCN2CCC3)nc2c1CCN(c1cccc3ccc(F)c(Cl)c13)C2. The maximum atomic E-state index is 14.5. The number of halogens is 2. The molecule has 5 heterocycles. The lowest BCUT2D eigenvalue weighted by atomic mass is 9.95. The molecule has 3 fully saturated rings. The molecule has 7 rings (SSSR count). The van der Waals surface area contributed by atoms with E-state index in [9.17, 15) is 9.65 Å². The average Bonchev–Trinajstić information content (AvgIpc) is 3.73. The van der Waals surface area contributed by atoms with Crippen LogP contribution in [-0.4, -0.2) is 82.5 Å². The highest BCUT2D eigenvalue weighted by atomic mass is 35.5. The molecule has 0 N–H and O–H groups in total. The van der Waals surface area contributed by atoms with E-state index in [0.717, 1.165) is 91.9 Å². The number of fused-ring (bicyclic) bond motifs is 3. The minimum atomic E-state index is -0.416. The molecule has 4 aliphatic heterocycles. The van der Waals surface area contributed by atoms with Gasteiger partial charge in [-0.1, -0.05) is 29.8 Å². The van der Waals surface area contributed by atoms with Gasteiger partial charge in [0.15, 0.2) is 6.19 Å². The van der Waals surface area contributed by atoms with Crippen molar-refractivity contribution in [2.75, 3.05) is 51.3 Å². The number of ether oxygens (including phenoxy) is 1. The van der Waals surface area contributed by atoms with Gasteiger partial charge in [0.2, 0.25) is 0 Å². The third-order valence-electron chi connectivity index (χ3n) is 9.69. The molecule has 4 aliphatic rings. The third kappa shape index (κ3) is 4.84. The fourth-order valence-electron chi connectivity index (χ4n) is 7.55. The van der Waals surface area contributed by atoms with Gasteiger partial charge < -0.3 is 14.5 Å². The predicted octanol–water partition coefficient (Wildman–Crippen LogP) is 5.14. The topological polar surface area (TPSA) is 71.5 Å². The fourth-order valence-corrected chi connectivity index (χ4v) is 7.82. The molecule has 0 radical (unpaired) electrons. The Morgan fingerprint density at radius 3 is 2.79 bits per heavy atom. The van der Waals surface area contributed by atoms with Crippen molar-refractivity contribution < 1.29 is 13.7 Å². The Morgan fingerprint density at radius 2 is 2.00 bits per heavy atom. The number of aromatic nitrogens is 2. The minimum Gasteiger partial charge on any atom is -0.443 e. The molecule has 218 valence electrons. The average molecular weight is 589 g/mol. The van der Waals surface area contributed by atoms with Crippen molar-refractivity contribution in [1.29, 1.82) is 5.26 Å². The highest BCUT2D eigenvalue weighted by molar-refractivity contribution is 6.36. The van der Waals surface area contributed by atoms with Crippen molar-refractivity contribution >= 4 is 40.1 Å². The summed E-state index contributed by atoms with van der Waals surface area (Å²) in [5.41, 5.74) is 3.02. The van der Waals surface area contributed by atoms with Gasteiger partial charge in [-0.25, -0.2) is 8.97 Å². The molecule has 3 saturated heterocycles. The Labute approximate surface area is 251 Å². The molecule has 42 heavy (non-hydrogen) atoms. The molecule has 1 aromatic heterocycles. The second-order valence-electron chi connectivity index (χ2n) is 12.2. The van der Waals surface area contributed by atoms with Crippen LogP contribution < -0.4 is 9.64 Å². The van der Waals surface area contributed by atoms with Crippen LogP contribution in [0, 0.1) is 23.2 Å². The van der Waals surface area contributed by atoms with Gasteiger partial charge in [0.25, 0.3) is 0 Å². The third-order valence-corrected chi connectivity index (χ3v) is 10.1. The van der Waals surface area contributed by atoms with Gasteiger partial charge in [-0.15, -0.1) is 0 Å². The summed E-state index contributed by atoms with van der Waals surface area (Å²) in [6, 6.07) is 9.57. The summed E-state index contributed by atoms with van der Waals surface area (Å²) >= 11 is 6.51. The molecule has 0 aliphatic carbocycles. The van der Waals surface area contributed by atoms with E-state index in [1.807, 2.05) is 30.1 Å². The van der Waals surface area contributed by atoms with Crippen LogP contribution in [0.15, 0.2) is 30.3 Å². The summed E-state index contributed by atoms with van der Waals surface area (Å²) in [5, 5.41) is 11.1. The summed E-state index contributed by atoms with van der Waals surface area (Å²) in [6.45, 7) is 5.66. The molecule has 2 aromatic carbocycles. The number of nitriles is 1. The van der Waals surface area contributed by atoms with E-state index < -0.39 is 5.82 Å². The van der Waals surface area contributed by atoms with Crippen LogP contribution in [0.1, 0.15) is 43.4 Å². The van der Waals surface area contributed by atoms with E-state index >= 15 is 0 Å². The first kappa shape index (κ1) is 27.4. The van der Waals surface area contributed by atoms with Crippen molar-refractivity contribution in [3.63, 3.8) is 0 Å². The van der Waals surface area contributed by atoms with E-state index in [2.05, 4.69) is 26.8 Å². The van der Waals surface area contributed by atoms with E-state index in [-0.39, 0.29) is 16.5 Å². The van der Waals surface area contributed by atoms with Crippen LogP contribution in [0.5, 0.6) is 6.01 Å². The molecular formula is C32H36ClFN7O+. The van der Waals surface area contributed by atoms with E-state index in [4.69, 9.17) is 26.3 Å². The molecule has 0 saturated carbocycles. The number of anilines is 1.